The minimum absolute atomic E-state index is 0.268. The largest absolute Gasteiger partial charge is 0.481 e. The minimum Gasteiger partial charge on any atom is -0.481 e. The van der Waals surface area contributed by atoms with Crippen molar-refractivity contribution in [1.82, 2.24) is 0 Å². The molecule has 0 heterocycles. The van der Waals surface area contributed by atoms with Gasteiger partial charge >= 0.3 is 5.97 Å². The summed E-state index contributed by atoms with van der Waals surface area (Å²) in [5.74, 6) is -0.710. The summed E-state index contributed by atoms with van der Waals surface area (Å²) >= 11 is 0. The summed E-state index contributed by atoms with van der Waals surface area (Å²) in [7, 11) is 0. The van der Waals surface area contributed by atoms with E-state index in [1.807, 2.05) is 12.1 Å². The standard InChI is InChI=1S/C17H18O2/c18-17(19)10-4-2-1-3-7-14-11-12-15-8-5-6-9-16(15)13-14/h3,5-9,11-13H,1-2,4,10H2,(H,18,19)/b7-3+. The van der Waals surface area contributed by atoms with Crippen LogP contribution in [0.5, 0.6) is 0 Å². The van der Waals surface area contributed by atoms with Gasteiger partial charge in [0.2, 0.25) is 0 Å². The summed E-state index contributed by atoms with van der Waals surface area (Å²) in [5, 5.41) is 11.0. The minimum atomic E-state index is -0.710. The van der Waals surface area contributed by atoms with Gasteiger partial charge in [0.15, 0.2) is 0 Å². The van der Waals surface area contributed by atoms with Crippen LogP contribution in [-0.4, -0.2) is 11.1 Å². The highest BCUT2D eigenvalue weighted by Crippen LogP contribution is 2.16. The van der Waals surface area contributed by atoms with Gasteiger partial charge in [0.25, 0.3) is 0 Å². The molecule has 0 aliphatic rings. The SMILES string of the molecule is O=C(O)CCCC/C=C/c1ccc2ccccc2c1. The van der Waals surface area contributed by atoms with Crippen molar-refractivity contribution < 1.29 is 9.90 Å². The molecule has 0 aliphatic carbocycles. The fraction of sp³-hybridized carbons (Fsp3) is 0.235. The average molecular weight is 254 g/mol. The fourth-order valence-corrected chi connectivity index (χ4v) is 2.07. The number of allylic oxidation sites excluding steroid dienone is 1. The first-order valence-electron chi connectivity index (χ1n) is 6.63. The van der Waals surface area contributed by atoms with Gasteiger partial charge < -0.3 is 5.11 Å². The van der Waals surface area contributed by atoms with Gasteiger partial charge in [-0.3, -0.25) is 4.79 Å². The number of carboxylic acids is 1. The summed E-state index contributed by atoms with van der Waals surface area (Å²) in [6, 6.07) is 14.7. The Hall–Kier alpha value is -2.09. The Balaban J connectivity index is 1.88. The van der Waals surface area contributed by atoms with E-state index in [-0.39, 0.29) is 6.42 Å². The van der Waals surface area contributed by atoms with E-state index in [0.29, 0.717) is 0 Å². The topological polar surface area (TPSA) is 37.3 Å². The molecule has 0 spiro atoms. The van der Waals surface area contributed by atoms with Crippen molar-refractivity contribution in [2.75, 3.05) is 0 Å². The maximum absolute atomic E-state index is 10.4. The van der Waals surface area contributed by atoms with Crippen molar-refractivity contribution >= 4 is 22.8 Å². The van der Waals surface area contributed by atoms with Gasteiger partial charge in [0.05, 0.1) is 0 Å². The molecule has 1 N–H and O–H groups in total. The van der Waals surface area contributed by atoms with E-state index < -0.39 is 5.97 Å². The van der Waals surface area contributed by atoms with Crippen LogP contribution < -0.4 is 0 Å². The van der Waals surface area contributed by atoms with E-state index in [1.165, 1.54) is 16.3 Å². The zero-order valence-electron chi connectivity index (χ0n) is 10.9. The zero-order chi connectivity index (χ0) is 13.5. The molecule has 98 valence electrons. The number of hydrogen-bond donors (Lipinski definition) is 1. The Morgan fingerprint density at radius 3 is 2.63 bits per heavy atom. The molecule has 0 aromatic heterocycles. The first-order valence-corrected chi connectivity index (χ1v) is 6.63. The molecule has 0 atom stereocenters. The summed E-state index contributed by atoms with van der Waals surface area (Å²) < 4.78 is 0. The molecule has 19 heavy (non-hydrogen) atoms. The first kappa shape index (κ1) is 13.3. The molecule has 0 bridgehead atoms. The van der Waals surface area contributed by atoms with E-state index in [2.05, 4.69) is 42.5 Å². The third-order valence-corrected chi connectivity index (χ3v) is 3.10. The predicted octanol–water partition coefficient (Wildman–Crippen LogP) is 4.50. The van der Waals surface area contributed by atoms with Crippen molar-refractivity contribution in [3.05, 3.63) is 54.1 Å². The van der Waals surface area contributed by atoms with Crippen LogP contribution in [0, 0.1) is 0 Å². The number of fused-ring (bicyclic) bond motifs is 1. The maximum Gasteiger partial charge on any atom is 0.303 e. The highest BCUT2D eigenvalue weighted by atomic mass is 16.4. The number of benzene rings is 2. The molecular weight excluding hydrogens is 236 g/mol. The smallest absolute Gasteiger partial charge is 0.303 e. The molecule has 2 heteroatoms. The molecule has 0 saturated heterocycles. The second-order valence-corrected chi connectivity index (χ2v) is 4.65. The molecule has 0 saturated carbocycles. The third-order valence-electron chi connectivity index (χ3n) is 3.10. The highest BCUT2D eigenvalue weighted by Gasteiger charge is 1.95. The Morgan fingerprint density at radius 1 is 1.05 bits per heavy atom. The Kier molecular flexibility index (Phi) is 4.73. The molecular formula is C17H18O2. The van der Waals surface area contributed by atoms with E-state index in [9.17, 15) is 4.79 Å². The van der Waals surface area contributed by atoms with Gasteiger partial charge in [-0.25, -0.2) is 0 Å². The van der Waals surface area contributed by atoms with Gasteiger partial charge in [0.1, 0.15) is 0 Å². The predicted molar refractivity (Wildman–Crippen MR) is 79.1 cm³/mol. The first-order chi connectivity index (χ1) is 9.25. The van der Waals surface area contributed by atoms with Gasteiger partial charge in [-0.05, 0) is 41.7 Å². The van der Waals surface area contributed by atoms with Crippen LogP contribution in [-0.2, 0) is 4.79 Å². The van der Waals surface area contributed by atoms with Crippen molar-refractivity contribution in [1.29, 1.82) is 0 Å². The molecule has 0 unspecified atom stereocenters. The molecule has 0 radical (unpaired) electrons. The van der Waals surface area contributed by atoms with E-state index in [1.54, 1.807) is 0 Å². The highest BCUT2D eigenvalue weighted by molar-refractivity contribution is 5.84. The lowest BCUT2D eigenvalue weighted by atomic mass is 10.1. The maximum atomic E-state index is 10.4. The monoisotopic (exact) mass is 254 g/mol. The van der Waals surface area contributed by atoms with E-state index in [4.69, 9.17) is 5.11 Å². The number of aliphatic carboxylic acids is 1. The molecule has 2 aromatic rings. The van der Waals surface area contributed by atoms with Crippen molar-refractivity contribution in [2.24, 2.45) is 0 Å². The van der Waals surface area contributed by atoms with E-state index in [0.717, 1.165) is 19.3 Å². The number of rotatable bonds is 6. The fourth-order valence-electron chi connectivity index (χ4n) is 2.07. The molecule has 0 fully saturated rings. The lowest BCUT2D eigenvalue weighted by Crippen LogP contribution is -1.92. The van der Waals surface area contributed by atoms with Crippen LogP contribution in [0.1, 0.15) is 31.2 Å². The lowest BCUT2D eigenvalue weighted by molar-refractivity contribution is -0.137. The van der Waals surface area contributed by atoms with Crippen LogP contribution in [0.4, 0.5) is 0 Å². The second kappa shape index (κ2) is 6.74. The Morgan fingerprint density at radius 2 is 1.84 bits per heavy atom. The second-order valence-electron chi connectivity index (χ2n) is 4.65. The number of hydrogen-bond acceptors (Lipinski definition) is 1. The summed E-state index contributed by atoms with van der Waals surface area (Å²) in [4.78, 5) is 10.4. The number of carbonyl (C=O) groups is 1. The molecule has 2 aromatic carbocycles. The van der Waals surface area contributed by atoms with Crippen LogP contribution in [0.3, 0.4) is 0 Å². The molecule has 2 rings (SSSR count). The van der Waals surface area contributed by atoms with Crippen molar-refractivity contribution in [3.8, 4) is 0 Å². The van der Waals surface area contributed by atoms with Gasteiger partial charge in [-0.1, -0.05) is 48.6 Å². The molecule has 2 nitrogen and oxygen atoms in total. The lowest BCUT2D eigenvalue weighted by Gasteiger charge is -1.99. The van der Waals surface area contributed by atoms with Crippen LogP contribution >= 0.6 is 0 Å². The number of carboxylic acid groups (broad SMARTS) is 1. The Labute approximate surface area is 113 Å². The van der Waals surface area contributed by atoms with Crippen LogP contribution in [0.25, 0.3) is 16.8 Å². The summed E-state index contributed by atoms with van der Waals surface area (Å²) in [6.07, 6.45) is 7.09. The molecule has 0 aliphatic heterocycles. The quantitative estimate of drug-likeness (QED) is 0.771. The van der Waals surface area contributed by atoms with Gasteiger partial charge in [0, 0.05) is 6.42 Å². The van der Waals surface area contributed by atoms with Crippen LogP contribution in [0.2, 0.25) is 0 Å². The normalized spacial score (nSPS) is 11.2. The summed E-state index contributed by atoms with van der Waals surface area (Å²) in [5.41, 5.74) is 1.19. The number of unbranched alkanes of at least 4 members (excludes halogenated alkanes) is 2. The van der Waals surface area contributed by atoms with Crippen molar-refractivity contribution in [2.45, 2.75) is 25.7 Å². The van der Waals surface area contributed by atoms with Crippen molar-refractivity contribution in [3.63, 3.8) is 0 Å². The zero-order valence-corrected chi connectivity index (χ0v) is 10.9. The Bertz CT molecular complexity index is 585. The van der Waals surface area contributed by atoms with Gasteiger partial charge in [-0.15, -0.1) is 0 Å². The van der Waals surface area contributed by atoms with Crippen LogP contribution in [0.15, 0.2) is 48.5 Å². The molecule has 0 amide bonds. The third kappa shape index (κ3) is 4.25. The van der Waals surface area contributed by atoms with Gasteiger partial charge in [-0.2, -0.15) is 0 Å². The average Bonchev–Trinajstić information content (AvgIpc) is 2.42. The van der Waals surface area contributed by atoms with E-state index >= 15 is 0 Å². The summed E-state index contributed by atoms with van der Waals surface area (Å²) in [6.45, 7) is 0.